The van der Waals surface area contributed by atoms with Crippen molar-refractivity contribution in [1.82, 2.24) is 9.97 Å². The fourth-order valence-electron chi connectivity index (χ4n) is 1.96. The molecule has 0 radical (unpaired) electrons. The number of para-hydroxylation sites is 1. The number of fused-ring (bicyclic) bond motifs is 1. The summed E-state index contributed by atoms with van der Waals surface area (Å²) in [4.78, 5) is 19.2. The highest BCUT2D eigenvalue weighted by atomic mass is 16.7. The number of H-pyrrole nitrogens is 1. The standard InChI is InChI=1S/C14H19N3O3/c1-3-19-13(20-4-2)8-12(18)17-11-7-5-6-10-14(11)16-9-15-10/h5-7,9,13H,3-4,8H2,1-2H3,(H,15,16)(H,17,18). The minimum absolute atomic E-state index is 0.155. The highest BCUT2D eigenvalue weighted by Crippen LogP contribution is 2.20. The number of hydrogen-bond donors (Lipinski definition) is 2. The quantitative estimate of drug-likeness (QED) is 0.761. The van der Waals surface area contributed by atoms with Gasteiger partial charge in [-0.05, 0) is 26.0 Å². The van der Waals surface area contributed by atoms with Gasteiger partial charge < -0.3 is 19.8 Å². The molecule has 2 aromatic rings. The minimum Gasteiger partial charge on any atom is -0.352 e. The van der Waals surface area contributed by atoms with E-state index in [1.165, 1.54) is 0 Å². The number of aromatic nitrogens is 2. The van der Waals surface area contributed by atoms with Gasteiger partial charge in [0.1, 0.15) is 5.52 Å². The summed E-state index contributed by atoms with van der Waals surface area (Å²) in [5.41, 5.74) is 2.31. The van der Waals surface area contributed by atoms with E-state index >= 15 is 0 Å². The van der Waals surface area contributed by atoms with Gasteiger partial charge in [-0.2, -0.15) is 0 Å². The van der Waals surface area contributed by atoms with Crippen LogP contribution in [0.15, 0.2) is 24.5 Å². The Morgan fingerprint density at radius 3 is 2.80 bits per heavy atom. The van der Waals surface area contributed by atoms with Gasteiger partial charge in [0.15, 0.2) is 6.29 Å². The zero-order valence-corrected chi connectivity index (χ0v) is 11.7. The van der Waals surface area contributed by atoms with E-state index in [2.05, 4.69) is 15.3 Å². The van der Waals surface area contributed by atoms with E-state index in [0.29, 0.717) is 18.9 Å². The molecule has 20 heavy (non-hydrogen) atoms. The molecule has 0 aliphatic carbocycles. The van der Waals surface area contributed by atoms with Crippen LogP contribution in [0.4, 0.5) is 5.69 Å². The lowest BCUT2D eigenvalue weighted by atomic mass is 10.2. The van der Waals surface area contributed by atoms with Crippen molar-refractivity contribution < 1.29 is 14.3 Å². The summed E-state index contributed by atoms with van der Waals surface area (Å²) < 4.78 is 10.7. The lowest BCUT2D eigenvalue weighted by molar-refractivity contribution is -0.150. The molecule has 1 aromatic heterocycles. The molecule has 2 rings (SSSR count). The summed E-state index contributed by atoms with van der Waals surface area (Å²) >= 11 is 0. The number of rotatable bonds is 7. The summed E-state index contributed by atoms with van der Waals surface area (Å²) in [5.74, 6) is -0.160. The van der Waals surface area contributed by atoms with Crippen LogP contribution in [0.2, 0.25) is 0 Å². The number of ether oxygens (including phenoxy) is 2. The van der Waals surface area contributed by atoms with Gasteiger partial charge in [0.25, 0.3) is 0 Å². The molecule has 0 saturated carbocycles. The second-order valence-corrected chi connectivity index (χ2v) is 4.20. The molecule has 0 fully saturated rings. The molecule has 1 aromatic carbocycles. The number of amides is 1. The number of nitrogens with zero attached hydrogens (tertiary/aromatic N) is 1. The lowest BCUT2D eigenvalue weighted by Crippen LogP contribution is -2.25. The van der Waals surface area contributed by atoms with Gasteiger partial charge in [0.05, 0.1) is 24.0 Å². The fourth-order valence-corrected chi connectivity index (χ4v) is 1.96. The van der Waals surface area contributed by atoms with Crippen molar-refractivity contribution in [2.45, 2.75) is 26.6 Å². The van der Waals surface area contributed by atoms with Crippen LogP contribution in [0, 0.1) is 0 Å². The fraction of sp³-hybridized carbons (Fsp3) is 0.429. The van der Waals surface area contributed by atoms with Crippen LogP contribution in [0.25, 0.3) is 11.0 Å². The van der Waals surface area contributed by atoms with E-state index in [1.807, 2.05) is 32.0 Å². The molecule has 0 unspecified atom stereocenters. The van der Waals surface area contributed by atoms with Crippen molar-refractivity contribution in [3.63, 3.8) is 0 Å². The Bertz CT molecular complexity index is 562. The molecule has 2 N–H and O–H groups in total. The smallest absolute Gasteiger partial charge is 0.229 e. The number of carbonyl (C=O) groups is 1. The number of aromatic amines is 1. The number of nitrogens with one attached hydrogen (secondary N) is 2. The zero-order chi connectivity index (χ0) is 14.4. The van der Waals surface area contributed by atoms with Crippen LogP contribution < -0.4 is 5.32 Å². The molecule has 1 heterocycles. The molecule has 1 amide bonds. The SMILES string of the molecule is CCOC(CC(=O)Nc1cccc2[nH]cnc12)OCC. The number of hydrogen-bond acceptors (Lipinski definition) is 4. The summed E-state index contributed by atoms with van der Waals surface area (Å²) in [5, 5.41) is 2.84. The third-order valence-corrected chi connectivity index (χ3v) is 2.78. The van der Waals surface area contributed by atoms with Gasteiger partial charge in [-0.25, -0.2) is 4.98 Å². The van der Waals surface area contributed by atoms with Gasteiger partial charge in [-0.1, -0.05) is 6.07 Å². The second kappa shape index (κ2) is 7.02. The monoisotopic (exact) mass is 277 g/mol. The Hall–Kier alpha value is -1.92. The van der Waals surface area contributed by atoms with E-state index in [1.54, 1.807) is 6.33 Å². The van der Waals surface area contributed by atoms with Crippen molar-refractivity contribution in [3.05, 3.63) is 24.5 Å². The van der Waals surface area contributed by atoms with Crippen molar-refractivity contribution in [1.29, 1.82) is 0 Å². The zero-order valence-electron chi connectivity index (χ0n) is 11.7. The molecule has 108 valence electrons. The highest BCUT2D eigenvalue weighted by Gasteiger charge is 2.15. The first-order chi connectivity index (χ1) is 9.74. The topological polar surface area (TPSA) is 76.2 Å². The van der Waals surface area contributed by atoms with Crippen LogP contribution in [-0.2, 0) is 14.3 Å². The summed E-state index contributed by atoms with van der Waals surface area (Å²) in [7, 11) is 0. The van der Waals surface area contributed by atoms with Crippen molar-refractivity contribution in [3.8, 4) is 0 Å². The molecule has 0 bridgehead atoms. The van der Waals surface area contributed by atoms with E-state index < -0.39 is 6.29 Å². The number of anilines is 1. The van der Waals surface area contributed by atoms with Gasteiger partial charge >= 0.3 is 0 Å². The average Bonchev–Trinajstić information content (AvgIpc) is 2.88. The predicted molar refractivity (Wildman–Crippen MR) is 76.4 cm³/mol. The number of imidazole rings is 1. The van der Waals surface area contributed by atoms with E-state index in [4.69, 9.17) is 9.47 Å². The second-order valence-electron chi connectivity index (χ2n) is 4.20. The van der Waals surface area contributed by atoms with E-state index in [0.717, 1.165) is 11.0 Å². The average molecular weight is 277 g/mol. The third-order valence-electron chi connectivity index (χ3n) is 2.78. The molecule has 0 aliphatic heterocycles. The molecular formula is C14H19N3O3. The first-order valence-electron chi connectivity index (χ1n) is 6.69. The molecule has 0 spiro atoms. The van der Waals surface area contributed by atoms with Gasteiger partial charge in [0.2, 0.25) is 5.91 Å². The molecule has 6 nitrogen and oxygen atoms in total. The van der Waals surface area contributed by atoms with Gasteiger partial charge in [-0.3, -0.25) is 4.79 Å². The normalized spacial score (nSPS) is 11.2. The summed E-state index contributed by atoms with van der Waals surface area (Å²) in [6.07, 6.45) is 1.25. The molecule has 0 atom stereocenters. The molecule has 6 heteroatoms. The van der Waals surface area contributed by atoms with Crippen LogP contribution >= 0.6 is 0 Å². The van der Waals surface area contributed by atoms with Gasteiger partial charge in [0, 0.05) is 13.2 Å². The van der Waals surface area contributed by atoms with Crippen molar-refractivity contribution in [2.24, 2.45) is 0 Å². The van der Waals surface area contributed by atoms with Crippen LogP contribution in [0.3, 0.4) is 0 Å². The van der Waals surface area contributed by atoms with Crippen molar-refractivity contribution >= 4 is 22.6 Å². The van der Waals surface area contributed by atoms with Crippen molar-refractivity contribution in [2.75, 3.05) is 18.5 Å². The number of benzene rings is 1. The van der Waals surface area contributed by atoms with Crippen LogP contribution in [0.5, 0.6) is 0 Å². The minimum atomic E-state index is -0.511. The molecular weight excluding hydrogens is 258 g/mol. The predicted octanol–water partition coefficient (Wildman–Crippen LogP) is 2.29. The van der Waals surface area contributed by atoms with Crippen LogP contribution in [-0.4, -0.2) is 35.4 Å². The first kappa shape index (κ1) is 14.5. The molecule has 0 aliphatic rings. The van der Waals surface area contributed by atoms with Gasteiger partial charge in [-0.15, -0.1) is 0 Å². The maximum absolute atomic E-state index is 12.0. The Morgan fingerprint density at radius 1 is 1.35 bits per heavy atom. The Kier molecular flexibility index (Phi) is 5.09. The van der Waals surface area contributed by atoms with E-state index in [-0.39, 0.29) is 12.3 Å². The Balaban J connectivity index is 2.01. The highest BCUT2D eigenvalue weighted by molar-refractivity contribution is 5.99. The first-order valence-corrected chi connectivity index (χ1v) is 6.69. The largest absolute Gasteiger partial charge is 0.352 e. The third kappa shape index (κ3) is 3.55. The molecule has 0 saturated heterocycles. The van der Waals surface area contributed by atoms with Crippen LogP contribution in [0.1, 0.15) is 20.3 Å². The maximum atomic E-state index is 12.0. The number of carbonyl (C=O) groups excluding carboxylic acids is 1. The Morgan fingerprint density at radius 2 is 2.10 bits per heavy atom. The lowest BCUT2D eigenvalue weighted by Gasteiger charge is -2.16. The summed E-state index contributed by atoms with van der Waals surface area (Å²) in [6, 6.07) is 5.58. The summed E-state index contributed by atoms with van der Waals surface area (Å²) in [6.45, 7) is 4.75. The maximum Gasteiger partial charge on any atom is 0.229 e. The van der Waals surface area contributed by atoms with E-state index in [9.17, 15) is 4.79 Å². The Labute approximate surface area is 117 Å².